The number of likely N-dealkylation sites (tertiary alicyclic amines) is 1. The van der Waals surface area contributed by atoms with Gasteiger partial charge in [-0.2, -0.15) is 0 Å². The maximum atomic E-state index is 14.0. The number of aliphatic hydroxyl groups excluding tert-OH is 1. The van der Waals surface area contributed by atoms with Gasteiger partial charge in [-0.15, -0.1) is 0 Å². The molecule has 2 heterocycles. The van der Waals surface area contributed by atoms with Crippen LogP contribution in [-0.2, 0) is 0 Å². The molecule has 0 aliphatic carbocycles. The highest BCUT2D eigenvalue weighted by molar-refractivity contribution is 5.92. The lowest BCUT2D eigenvalue weighted by molar-refractivity contribution is 0.0671. The van der Waals surface area contributed by atoms with E-state index in [1.807, 2.05) is 0 Å². The average molecular weight is 324 g/mol. The van der Waals surface area contributed by atoms with Crippen LogP contribution in [0.25, 0.3) is 0 Å². The number of aromatic nitrogens is 1. The maximum Gasteiger partial charge on any atom is 0.293 e. The molecule has 6 nitrogen and oxygen atoms in total. The van der Waals surface area contributed by atoms with Crippen molar-refractivity contribution in [3.05, 3.63) is 47.2 Å². The predicted molar refractivity (Wildman–Crippen MR) is 73.8 cm³/mol. The molecule has 0 spiro atoms. The van der Waals surface area contributed by atoms with E-state index in [1.54, 1.807) is 0 Å². The number of benzene rings is 1. The molecule has 1 aromatic heterocycles. The number of carbonyl (C=O) groups is 1. The largest absolute Gasteiger partial charge is 0.479 e. The molecule has 23 heavy (non-hydrogen) atoms. The molecule has 122 valence electrons. The molecule has 0 bridgehead atoms. The number of hydrogen-bond donors (Lipinski definition) is 1. The summed E-state index contributed by atoms with van der Waals surface area (Å²) in [6.07, 6.45) is -0.728. The van der Waals surface area contributed by atoms with Gasteiger partial charge in [-0.3, -0.25) is 4.79 Å². The van der Waals surface area contributed by atoms with E-state index in [0.29, 0.717) is 0 Å². The average Bonchev–Trinajstić information content (AvgIpc) is 3.15. The van der Waals surface area contributed by atoms with E-state index in [4.69, 9.17) is 9.26 Å². The van der Waals surface area contributed by atoms with Gasteiger partial charge in [0.05, 0.1) is 25.3 Å². The first-order chi connectivity index (χ1) is 11.0. The third-order valence-corrected chi connectivity index (χ3v) is 3.77. The summed E-state index contributed by atoms with van der Waals surface area (Å²) in [4.78, 5) is 13.7. The molecule has 1 aliphatic heterocycles. The molecule has 2 aromatic rings. The highest BCUT2D eigenvalue weighted by Crippen LogP contribution is 2.35. The van der Waals surface area contributed by atoms with Gasteiger partial charge in [0.25, 0.3) is 11.8 Å². The van der Waals surface area contributed by atoms with Crippen molar-refractivity contribution in [2.24, 2.45) is 0 Å². The van der Waals surface area contributed by atoms with Gasteiger partial charge in [-0.25, -0.2) is 8.78 Å². The zero-order chi connectivity index (χ0) is 16.6. The van der Waals surface area contributed by atoms with Crippen LogP contribution >= 0.6 is 0 Å². The molecule has 0 unspecified atom stereocenters. The van der Waals surface area contributed by atoms with Gasteiger partial charge in [0, 0.05) is 12.1 Å². The quantitative estimate of drug-likeness (QED) is 0.933. The second kappa shape index (κ2) is 5.96. The summed E-state index contributed by atoms with van der Waals surface area (Å²) in [5, 5.41) is 13.4. The number of ether oxygens (including phenoxy) is 1. The van der Waals surface area contributed by atoms with E-state index < -0.39 is 29.7 Å². The minimum Gasteiger partial charge on any atom is -0.479 e. The molecule has 3 rings (SSSR count). The minimum atomic E-state index is -0.837. The van der Waals surface area contributed by atoms with Crippen molar-refractivity contribution >= 4 is 5.91 Å². The summed E-state index contributed by atoms with van der Waals surface area (Å²) in [6, 6.07) is 3.53. The van der Waals surface area contributed by atoms with Gasteiger partial charge in [-0.05, 0) is 29.8 Å². The number of aliphatic hydroxyl groups is 1. The number of amides is 1. The van der Waals surface area contributed by atoms with Crippen molar-refractivity contribution in [2.75, 3.05) is 13.7 Å². The predicted octanol–water partition coefficient (Wildman–Crippen LogP) is 1.91. The van der Waals surface area contributed by atoms with E-state index in [-0.39, 0.29) is 30.2 Å². The lowest BCUT2D eigenvalue weighted by atomic mass is 10.0. The Morgan fingerprint density at radius 2 is 2.22 bits per heavy atom. The van der Waals surface area contributed by atoms with Gasteiger partial charge >= 0.3 is 0 Å². The minimum absolute atomic E-state index is 0.0114. The topological polar surface area (TPSA) is 75.8 Å². The van der Waals surface area contributed by atoms with Crippen LogP contribution in [-0.4, -0.2) is 40.8 Å². The van der Waals surface area contributed by atoms with Crippen LogP contribution < -0.4 is 4.74 Å². The van der Waals surface area contributed by atoms with Crippen LogP contribution in [0.15, 0.2) is 28.8 Å². The number of halogens is 2. The molecule has 1 fully saturated rings. The number of methoxy groups -OCH3 is 1. The van der Waals surface area contributed by atoms with Gasteiger partial charge < -0.3 is 19.3 Å². The summed E-state index contributed by atoms with van der Waals surface area (Å²) in [5.41, 5.74) is 0.0152. The van der Waals surface area contributed by atoms with E-state index in [1.165, 1.54) is 18.1 Å². The van der Waals surface area contributed by atoms with Crippen molar-refractivity contribution in [3.63, 3.8) is 0 Å². The summed E-state index contributed by atoms with van der Waals surface area (Å²) in [7, 11) is 1.37. The third kappa shape index (κ3) is 2.89. The van der Waals surface area contributed by atoms with Gasteiger partial charge in [0.1, 0.15) is 11.6 Å². The van der Waals surface area contributed by atoms with E-state index >= 15 is 0 Å². The summed E-state index contributed by atoms with van der Waals surface area (Å²) in [6.45, 7) is -0.0114. The fourth-order valence-electron chi connectivity index (χ4n) is 2.70. The number of rotatable bonds is 3. The first kappa shape index (κ1) is 15.4. The smallest absolute Gasteiger partial charge is 0.293 e. The second-order valence-electron chi connectivity index (χ2n) is 5.26. The molecule has 1 saturated heterocycles. The Bertz CT molecular complexity index is 734. The molecule has 1 N–H and O–H groups in total. The lowest BCUT2D eigenvalue weighted by Crippen LogP contribution is -2.32. The molecule has 1 aliphatic rings. The standard InChI is InChI=1S/C15H14F2N2O4/c1-22-14-6-13(23-18-14)15(21)19-7-9(20)5-12(19)10-4-8(16)2-3-11(10)17/h2-4,6,9,12,20H,5,7H2,1H3/t9-,12-/m0/s1. The van der Waals surface area contributed by atoms with Crippen LogP contribution in [0.4, 0.5) is 8.78 Å². The molecule has 1 amide bonds. The zero-order valence-corrected chi connectivity index (χ0v) is 12.2. The maximum absolute atomic E-state index is 14.0. The Balaban J connectivity index is 1.93. The molecule has 1 aromatic carbocycles. The molecule has 0 radical (unpaired) electrons. The van der Waals surface area contributed by atoms with E-state index in [2.05, 4.69) is 5.16 Å². The summed E-state index contributed by atoms with van der Waals surface area (Å²) < 4.78 is 37.2. The lowest BCUT2D eigenvalue weighted by Gasteiger charge is -2.23. The SMILES string of the molecule is COc1cc(C(=O)N2C[C@@H](O)C[C@H]2c2cc(F)ccc2F)on1. The van der Waals surface area contributed by atoms with Crippen LogP contribution in [0.2, 0.25) is 0 Å². The Morgan fingerprint density at radius 1 is 1.43 bits per heavy atom. The number of hydrogen-bond acceptors (Lipinski definition) is 5. The fourth-order valence-corrected chi connectivity index (χ4v) is 2.70. The Morgan fingerprint density at radius 3 is 2.91 bits per heavy atom. The monoisotopic (exact) mass is 324 g/mol. The van der Waals surface area contributed by atoms with Crippen molar-refractivity contribution in [1.82, 2.24) is 10.1 Å². The van der Waals surface area contributed by atoms with Crippen LogP contribution in [0, 0.1) is 11.6 Å². The van der Waals surface area contributed by atoms with Gasteiger partial charge in [0.15, 0.2) is 0 Å². The van der Waals surface area contributed by atoms with Crippen molar-refractivity contribution in [3.8, 4) is 5.88 Å². The highest BCUT2D eigenvalue weighted by Gasteiger charge is 2.38. The molecule has 8 heteroatoms. The molecule has 0 saturated carbocycles. The van der Waals surface area contributed by atoms with Crippen molar-refractivity contribution < 1.29 is 27.9 Å². The fraction of sp³-hybridized carbons (Fsp3) is 0.333. The third-order valence-electron chi connectivity index (χ3n) is 3.77. The first-order valence-electron chi connectivity index (χ1n) is 6.94. The Labute approximate surface area is 130 Å². The van der Waals surface area contributed by atoms with Crippen molar-refractivity contribution in [1.29, 1.82) is 0 Å². The van der Waals surface area contributed by atoms with Gasteiger partial charge in [0.2, 0.25) is 5.76 Å². The highest BCUT2D eigenvalue weighted by atomic mass is 19.1. The molecular formula is C15H14F2N2O4. The normalized spacial score (nSPS) is 20.8. The van der Waals surface area contributed by atoms with Crippen LogP contribution in [0.3, 0.4) is 0 Å². The molecule has 2 atom stereocenters. The molecular weight excluding hydrogens is 310 g/mol. The number of β-amino-alcohol motifs (C(OH)–C–C–N with tert-alkyl or cyclic N) is 1. The first-order valence-corrected chi connectivity index (χ1v) is 6.94. The summed E-state index contributed by atoms with van der Waals surface area (Å²) >= 11 is 0. The van der Waals surface area contributed by atoms with Crippen LogP contribution in [0.1, 0.15) is 28.6 Å². The van der Waals surface area contributed by atoms with Crippen LogP contribution in [0.5, 0.6) is 5.88 Å². The zero-order valence-electron chi connectivity index (χ0n) is 12.2. The van der Waals surface area contributed by atoms with Gasteiger partial charge in [-0.1, -0.05) is 0 Å². The Kier molecular flexibility index (Phi) is 3.99. The number of carbonyl (C=O) groups excluding carboxylic acids is 1. The van der Waals surface area contributed by atoms with Crippen molar-refractivity contribution in [2.45, 2.75) is 18.6 Å². The second-order valence-corrected chi connectivity index (χ2v) is 5.26. The van der Waals surface area contributed by atoms with E-state index in [0.717, 1.165) is 18.2 Å². The van der Waals surface area contributed by atoms with E-state index in [9.17, 15) is 18.7 Å². The Hall–Kier alpha value is -2.48. The summed E-state index contributed by atoms with van der Waals surface area (Å²) in [5.74, 6) is -1.81. The number of nitrogens with zero attached hydrogens (tertiary/aromatic N) is 2.